The SMILES string of the molecule is CC=CC(O)N1CCCC1. The first-order valence-corrected chi connectivity index (χ1v) is 3.89. The van der Waals surface area contributed by atoms with Gasteiger partial charge in [0.2, 0.25) is 0 Å². The molecule has 0 aromatic carbocycles. The topological polar surface area (TPSA) is 23.5 Å². The van der Waals surface area contributed by atoms with Crippen LogP contribution in [-0.4, -0.2) is 29.3 Å². The first-order valence-electron chi connectivity index (χ1n) is 3.89. The number of nitrogens with zero attached hydrogens (tertiary/aromatic N) is 1. The minimum absolute atomic E-state index is 0.340. The van der Waals surface area contributed by atoms with Crippen molar-refractivity contribution in [1.29, 1.82) is 0 Å². The van der Waals surface area contributed by atoms with E-state index >= 15 is 0 Å². The second-order valence-corrected chi connectivity index (χ2v) is 2.68. The number of likely N-dealkylation sites (tertiary alicyclic amines) is 1. The van der Waals surface area contributed by atoms with Gasteiger partial charge in [-0.15, -0.1) is 0 Å². The third-order valence-electron chi connectivity index (χ3n) is 1.88. The van der Waals surface area contributed by atoms with Crippen LogP contribution in [0.4, 0.5) is 0 Å². The summed E-state index contributed by atoms with van der Waals surface area (Å²) >= 11 is 0. The van der Waals surface area contributed by atoms with Crippen LogP contribution >= 0.6 is 0 Å². The lowest BCUT2D eigenvalue weighted by Crippen LogP contribution is -2.30. The highest BCUT2D eigenvalue weighted by Crippen LogP contribution is 2.10. The molecule has 1 aliphatic rings. The maximum absolute atomic E-state index is 9.39. The van der Waals surface area contributed by atoms with Crippen LogP contribution in [0.2, 0.25) is 0 Å². The molecule has 0 saturated carbocycles. The van der Waals surface area contributed by atoms with Crippen LogP contribution in [0.1, 0.15) is 19.8 Å². The summed E-state index contributed by atoms with van der Waals surface area (Å²) in [5.41, 5.74) is 0. The van der Waals surface area contributed by atoms with Gasteiger partial charge in [-0.2, -0.15) is 0 Å². The summed E-state index contributed by atoms with van der Waals surface area (Å²) in [5.74, 6) is 0. The zero-order valence-electron chi connectivity index (χ0n) is 6.45. The fourth-order valence-corrected chi connectivity index (χ4v) is 1.30. The molecule has 1 unspecified atom stereocenters. The van der Waals surface area contributed by atoms with Crippen molar-refractivity contribution in [3.8, 4) is 0 Å². The second-order valence-electron chi connectivity index (χ2n) is 2.68. The van der Waals surface area contributed by atoms with Crippen LogP contribution < -0.4 is 0 Å². The maximum Gasteiger partial charge on any atom is 0.126 e. The molecule has 0 aliphatic carbocycles. The standard InChI is InChI=1S/C8H15NO/c1-2-5-8(10)9-6-3-4-7-9/h2,5,8,10H,3-4,6-7H2,1H3. The molecule has 1 saturated heterocycles. The van der Waals surface area contributed by atoms with Crippen molar-refractivity contribution in [2.45, 2.75) is 26.0 Å². The van der Waals surface area contributed by atoms with E-state index in [1.54, 1.807) is 0 Å². The molecule has 2 heteroatoms. The smallest absolute Gasteiger partial charge is 0.126 e. The molecular formula is C8H15NO. The van der Waals surface area contributed by atoms with Crippen LogP contribution in [-0.2, 0) is 0 Å². The van der Waals surface area contributed by atoms with E-state index in [1.807, 2.05) is 19.1 Å². The molecule has 1 N–H and O–H groups in total. The lowest BCUT2D eigenvalue weighted by molar-refractivity contribution is 0.0612. The molecule has 1 aliphatic heterocycles. The third-order valence-corrected chi connectivity index (χ3v) is 1.88. The van der Waals surface area contributed by atoms with E-state index in [0.29, 0.717) is 0 Å². The van der Waals surface area contributed by atoms with E-state index in [-0.39, 0.29) is 6.23 Å². The molecule has 1 fully saturated rings. The van der Waals surface area contributed by atoms with E-state index in [0.717, 1.165) is 13.1 Å². The van der Waals surface area contributed by atoms with Crippen LogP contribution in [0.15, 0.2) is 12.2 Å². The molecular weight excluding hydrogens is 126 g/mol. The highest BCUT2D eigenvalue weighted by atomic mass is 16.3. The van der Waals surface area contributed by atoms with Gasteiger partial charge in [-0.25, -0.2) is 0 Å². The van der Waals surface area contributed by atoms with E-state index in [2.05, 4.69) is 4.90 Å². The predicted octanol–water partition coefficient (Wildman–Crippen LogP) is 0.977. The maximum atomic E-state index is 9.39. The number of allylic oxidation sites excluding steroid dienone is 1. The quantitative estimate of drug-likeness (QED) is 0.579. The molecule has 0 radical (unpaired) electrons. The first-order chi connectivity index (χ1) is 4.84. The van der Waals surface area contributed by atoms with E-state index in [9.17, 15) is 5.11 Å². The van der Waals surface area contributed by atoms with Crippen LogP contribution in [0.5, 0.6) is 0 Å². The number of rotatable bonds is 2. The summed E-state index contributed by atoms with van der Waals surface area (Å²) in [6.45, 7) is 4.02. The van der Waals surface area contributed by atoms with Gasteiger partial charge < -0.3 is 5.11 Å². The van der Waals surface area contributed by atoms with Gasteiger partial charge in [0, 0.05) is 13.1 Å². The Bertz CT molecular complexity index is 116. The molecule has 0 bridgehead atoms. The minimum Gasteiger partial charge on any atom is -0.375 e. The largest absolute Gasteiger partial charge is 0.375 e. The number of aliphatic hydroxyl groups excluding tert-OH is 1. The molecule has 0 spiro atoms. The summed E-state index contributed by atoms with van der Waals surface area (Å²) in [6.07, 6.45) is 5.84. The molecule has 1 atom stereocenters. The summed E-state index contributed by atoms with van der Waals surface area (Å²) in [7, 11) is 0. The van der Waals surface area contributed by atoms with Gasteiger partial charge in [0.25, 0.3) is 0 Å². The number of hydrogen-bond acceptors (Lipinski definition) is 2. The lowest BCUT2D eigenvalue weighted by Gasteiger charge is -2.18. The molecule has 58 valence electrons. The summed E-state index contributed by atoms with van der Waals surface area (Å²) < 4.78 is 0. The summed E-state index contributed by atoms with van der Waals surface area (Å²) in [5, 5.41) is 9.39. The second kappa shape index (κ2) is 3.74. The van der Waals surface area contributed by atoms with E-state index < -0.39 is 0 Å². The first kappa shape index (κ1) is 7.76. The Balaban J connectivity index is 2.32. The molecule has 1 rings (SSSR count). The highest BCUT2D eigenvalue weighted by molar-refractivity contribution is 4.87. The van der Waals surface area contributed by atoms with Gasteiger partial charge >= 0.3 is 0 Å². The number of hydrogen-bond donors (Lipinski definition) is 1. The average Bonchev–Trinajstić information content (AvgIpc) is 2.38. The van der Waals surface area contributed by atoms with Crippen LogP contribution in [0.3, 0.4) is 0 Å². The molecule has 0 amide bonds. The average molecular weight is 141 g/mol. The van der Waals surface area contributed by atoms with Gasteiger partial charge in [-0.3, -0.25) is 4.90 Å². The van der Waals surface area contributed by atoms with Gasteiger partial charge in [0.15, 0.2) is 0 Å². The van der Waals surface area contributed by atoms with E-state index in [1.165, 1.54) is 12.8 Å². The van der Waals surface area contributed by atoms with Crippen molar-refractivity contribution in [2.75, 3.05) is 13.1 Å². The Morgan fingerprint density at radius 2 is 2.00 bits per heavy atom. The predicted molar refractivity (Wildman–Crippen MR) is 41.6 cm³/mol. The Labute approximate surface area is 62.2 Å². The molecule has 10 heavy (non-hydrogen) atoms. The molecule has 1 heterocycles. The molecule has 0 aromatic heterocycles. The highest BCUT2D eigenvalue weighted by Gasteiger charge is 2.16. The van der Waals surface area contributed by atoms with E-state index in [4.69, 9.17) is 0 Å². The Morgan fingerprint density at radius 1 is 1.40 bits per heavy atom. The fraction of sp³-hybridized carbons (Fsp3) is 0.750. The lowest BCUT2D eigenvalue weighted by atomic mass is 10.4. The Morgan fingerprint density at radius 3 is 2.50 bits per heavy atom. The van der Waals surface area contributed by atoms with Crippen LogP contribution in [0.25, 0.3) is 0 Å². The van der Waals surface area contributed by atoms with Gasteiger partial charge in [-0.05, 0) is 25.8 Å². The van der Waals surface area contributed by atoms with Crippen molar-refractivity contribution in [1.82, 2.24) is 4.90 Å². The third kappa shape index (κ3) is 1.82. The van der Waals surface area contributed by atoms with Crippen molar-refractivity contribution in [2.24, 2.45) is 0 Å². The van der Waals surface area contributed by atoms with Crippen LogP contribution in [0, 0.1) is 0 Å². The van der Waals surface area contributed by atoms with Crippen molar-refractivity contribution >= 4 is 0 Å². The Hall–Kier alpha value is -0.340. The van der Waals surface area contributed by atoms with Gasteiger partial charge in [0.1, 0.15) is 6.23 Å². The zero-order valence-corrected chi connectivity index (χ0v) is 6.45. The number of aliphatic hydroxyl groups is 1. The normalized spacial score (nSPS) is 24.2. The van der Waals surface area contributed by atoms with Crippen molar-refractivity contribution in [3.05, 3.63) is 12.2 Å². The van der Waals surface area contributed by atoms with Crippen molar-refractivity contribution < 1.29 is 5.11 Å². The molecule has 2 nitrogen and oxygen atoms in total. The van der Waals surface area contributed by atoms with Gasteiger partial charge in [0.05, 0.1) is 0 Å². The summed E-state index contributed by atoms with van der Waals surface area (Å²) in [6, 6.07) is 0. The molecule has 0 aromatic rings. The summed E-state index contributed by atoms with van der Waals surface area (Å²) in [4.78, 5) is 2.08. The zero-order chi connectivity index (χ0) is 7.40. The Kier molecular flexibility index (Phi) is 2.90. The van der Waals surface area contributed by atoms with Gasteiger partial charge in [-0.1, -0.05) is 6.08 Å². The van der Waals surface area contributed by atoms with Crippen molar-refractivity contribution in [3.63, 3.8) is 0 Å². The fourth-order valence-electron chi connectivity index (χ4n) is 1.30. The monoisotopic (exact) mass is 141 g/mol. The minimum atomic E-state index is -0.340.